The number of imidazole rings is 1. The maximum absolute atomic E-state index is 8.36. The van der Waals surface area contributed by atoms with Crippen LogP contribution in [-0.2, 0) is 4.74 Å². The van der Waals surface area contributed by atoms with E-state index in [0.717, 1.165) is 15.5 Å². The maximum Gasteiger partial charge on any atom is 0.291 e. The fraction of sp³-hybridized carbons (Fsp3) is 0.0588. The summed E-state index contributed by atoms with van der Waals surface area (Å²) < 4.78 is 7.40. The number of rotatable bonds is 5. The Morgan fingerprint density at radius 2 is 1.93 bits per heavy atom. The minimum absolute atomic E-state index is 0.513. The fourth-order valence-electron chi connectivity index (χ4n) is 2.11. The summed E-state index contributed by atoms with van der Waals surface area (Å²) in [5.41, 5.74) is 0.776. The van der Waals surface area contributed by atoms with Crippen molar-refractivity contribution in [2.75, 3.05) is 7.11 Å². The molecular formula is C17H13Cl3N4O4S. The SMILES string of the molecule is COC(=C(Sc1ccc(Cl)cn1)c1ccc(Cl)cc1Cl)n1ccnc1.O=[N+]([O-])O. The average Bonchev–Trinajstić information content (AvgIpc) is 3.17. The minimum Gasteiger partial charge on any atom is -0.481 e. The van der Waals surface area contributed by atoms with Crippen LogP contribution in [0.3, 0.4) is 0 Å². The number of nitrogens with zero attached hydrogens (tertiary/aromatic N) is 4. The summed E-state index contributed by atoms with van der Waals surface area (Å²) in [4.78, 5) is 17.5. The summed E-state index contributed by atoms with van der Waals surface area (Å²) in [6.07, 6.45) is 6.71. The highest BCUT2D eigenvalue weighted by Gasteiger charge is 2.18. The Bertz CT molecular complexity index is 994. The van der Waals surface area contributed by atoms with Gasteiger partial charge in [-0.15, -0.1) is 10.1 Å². The third-order valence-electron chi connectivity index (χ3n) is 3.21. The average molecular weight is 476 g/mol. The first-order valence-electron chi connectivity index (χ1n) is 7.66. The smallest absolute Gasteiger partial charge is 0.291 e. The van der Waals surface area contributed by atoms with Gasteiger partial charge in [0.1, 0.15) is 11.4 Å². The minimum atomic E-state index is -1.50. The van der Waals surface area contributed by atoms with Gasteiger partial charge in [0, 0.05) is 29.2 Å². The Kier molecular flexibility index (Phi) is 8.59. The quantitative estimate of drug-likeness (QED) is 0.221. The molecule has 29 heavy (non-hydrogen) atoms. The van der Waals surface area contributed by atoms with Crippen molar-refractivity contribution in [3.63, 3.8) is 0 Å². The molecule has 0 fully saturated rings. The van der Waals surface area contributed by atoms with Crippen LogP contribution in [0, 0.1) is 10.1 Å². The van der Waals surface area contributed by atoms with E-state index in [2.05, 4.69) is 9.97 Å². The van der Waals surface area contributed by atoms with Gasteiger partial charge in [-0.3, -0.25) is 4.57 Å². The molecule has 0 bridgehead atoms. The summed E-state index contributed by atoms with van der Waals surface area (Å²) in [6.45, 7) is 0. The molecule has 0 atom stereocenters. The van der Waals surface area contributed by atoms with E-state index < -0.39 is 5.09 Å². The second-order valence-corrected chi connectivity index (χ2v) is 7.40. The van der Waals surface area contributed by atoms with Crippen molar-refractivity contribution < 1.29 is 15.0 Å². The molecule has 152 valence electrons. The van der Waals surface area contributed by atoms with Gasteiger partial charge < -0.3 is 9.94 Å². The van der Waals surface area contributed by atoms with Gasteiger partial charge in [0.05, 0.1) is 22.1 Å². The molecule has 2 aromatic heterocycles. The fourth-order valence-corrected chi connectivity index (χ4v) is 3.79. The van der Waals surface area contributed by atoms with E-state index >= 15 is 0 Å². The molecule has 0 amide bonds. The lowest BCUT2D eigenvalue weighted by Gasteiger charge is -2.15. The van der Waals surface area contributed by atoms with E-state index in [1.165, 1.54) is 11.8 Å². The highest BCUT2D eigenvalue weighted by atomic mass is 35.5. The van der Waals surface area contributed by atoms with Crippen LogP contribution < -0.4 is 0 Å². The molecule has 0 unspecified atom stereocenters. The van der Waals surface area contributed by atoms with Crippen molar-refractivity contribution in [3.05, 3.63) is 86.0 Å². The third-order valence-corrected chi connectivity index (χ3v) is 5.03. The predicted octanol–water partition coefficient (Wildman–Crippen LogP) is 5.61. The molecule has 0 radical (unpaired) electrons. The Morgan fingerprint density at radius 3 is 2.45 bits per heavy atom. The van der Waals surface area contributed by atoms with Crippen molar-refractivity contribution in [2.24, 2.45) is 0 Å². The molecule has 3 rings (SSSR count). The number of ether oxygens (including phenoxy) is 1. The first kappa shape index (κ1) is 22.8. The lowest BCUT2D eigenvalue weighted by atomic mass is 10.2. The normalized spacial score (nSPS) is 11.2. The molecule has 8 nitrogen and oxygen atoms in total. The van der Waals surface area contributed by atoms with Crippen LogP contribution in [0.4, 0.5) is 0 Å². The van der Waals surface area contributed by atoms with E-state index in [9.17, 15) is 0 Å². The summed E-state index contributed by atoms with van der Waals surface area (Å²) >= 11 is 19.8. The van der Waals surface area contributed by atoms with Gasteiger partial charge in [-0.1, -0.05) is 52.6 Å². The van der Waals surface area contributed by atoms with Gasteiger partial charge >= 0.3 is 0 Å². The van der Waals surface area contributed by atoms with Crippen LogP contribution in [0.25, 0.3) is 10.8 Å². The highest BCUT2D eigenvalue weighted by molar-refractivity contribution is 8.08. The second-order valence-electron chi connectivity index (χ2n) is 5.09. The molecule has 1 aromatic carbocycles. The van der Waals surface area contributed by atoms with Gasteiger partial charge in [-0.25, -0.2) is 9.97 Å². The lowest BCUT2D eigenvalue weighted by molar-refractivity contribution is -0.742. The van der Waals surface area contributed by atoms with E-state index in [1.54, 1.807) is 54.8 Å². The van der Waals surface area contributed by atoms with E-state index in [1.807, 2.05) is 12.1 Å². The van der Waals surface area contributed by atoms with Gasteiger partial charge in [0.2, 0.25) is 5.88 Å². The topological polar surface area (TPSA) is 103 Å². The molecule has 1 N–H and O–H groups in total. The van der Waals surface area contributed by atoms with Crippen LogP contribution in [0.5, 0.6) is 0 Å². The van der Waals surface area contributed by atoms with Crippen molar-refractivity contribution in [2.45, 2.75) is 5.03 Å². The van der Waals surface area contributed by atoms with Crippen LogP contribution in [0.2, 0.25) is 15.1 Å². The summed E-state index contributed by atoms with van der Waals surface area (Å²) in [6, 6.07) is 8.92. The molecule has 3 aromatic rings. The monoisotopic (exact) mass is 474 g/mol. The first-order valence-corrected chi connectivity index (χ1v) is 9.61. The zero-order valence-electron chi connectivity index (χ0n) is 14.7. The molecule has 0 saturated heterocycles. The van der Waals surface area contributed by atoms with Crippen molar-refractivity contribution in [1.29, 1.82) is 0 Å². The number of methoxy groups -OCH3 is 1. The van der Waals surface area contributed by atoms with E-state index in [4.69, 9.17) is 54.9 Å². The molecule has 0 aliphatic rings. The van der Waals surface area contributed by atoms with Crippen LogP contribution >= 0.6 is 46.6 Å². The van der Waals surface area contributed by atoms with Gasteiger partial charge in [0.25, 0.3) is 5.09 Å². The number of aromatic nitrogens is 3. The molecule has 12 heteroatoms. The van der Waals surface area contributed by atoms with Crippen LogP contribution in [0.1, 0.15) is 5.56 Å². The lowest BCUT2D eigenvalue weighted by Crippen LogP contribution is -2.00. The number of hydrogen-bond acceptors (Lipinski definition) is 6. The van der Waals surface area contributed by atoms with Gasteiger partial charge in [-0.2, -0.15) is 0 Å². The maximum atomic E-state index is 8.36. The summed E-state index contributed by atoms with van der Waals surface area (Å²) in [7, 11) is 1.59. The first-order chi connectivity index (χ1) is 13.8. The number of pyridine rings is 1. The number of thioether (sulfide) groups is 1. The Morgan fingerprint density at radius 1 is 1.24 bits per heavy atom. The largest absolute Gasteiger partial charge is 0.481 e. The molecule has 0 spiro atoms. The molecule has 0 aliphatic carbocycles. The predicted molar refractivity (Wildman–Crippen MR) is 113 cm³/mol. The van der Waals surface area contributed by atoms with Crippen LogP contribution in [-0.4, -0.2) is 31.9 Å². The Hall–Kier alpha value is -2.46. The van der Waals surface area contributed by atoms with Crippen molar-refractivity contribution >= 4 is 57.4 Å². The Balaban J connectivity index is 0.000000687. The molecule has 0 saturated carbocycles. The summed E-state index contributed by atoms with van der Waals surface area (Å²) in [5, 5.41) is 16.0. The molecule has 2 heterocycles. The van der Waals surface area contributed by atoms with E-state index in [0.29, 0.717) is 21.0 Å². The summed E-state index contributed by atoms with van der Waals surface area (Å²) in [5.74, 6) is 0.573. The van der Waals surface area contributed by atoms with Crippen molar-refractivity contribution in [1.82, 2.24) is 14.5 Å². The third kappa shape index (κ3) is 6.82. The highest BCUT2D eigenvalue weighted by Crippen LogP contribution is 2.41. The van der Waals surface area contributed by atoms with Gasteiger partial charge in [-0.05, 0) is 24.3 Å². The standard InChI is InChI=1S/C17H12Cl3N3OS.HNO3/c1-24-17(23-7-6-21-10-23)16(13-4-2-11(18)8-14(13)20)25-15-5-3-12(19)9-22-15;2-1(3)4/h2-10H,1H3;(H,2,3,4). The van der Waals surface area contributed by atoms with Crippen molar-refractivity contribution in [3.8, 4) is 0 Å². The number of benzene rings is 1. The zero-order valence-corrected chi connectivity index (χ0v) is 17.8. The molecular weight excluding hydrogens is 463 g/mol. The van der Waals surface area contributed by atoms with Crippen LogP contribution in [0.15, 0.2) is 60.3 Å². The van der Waals surface area contributed by atoms with Gasteiger partial charge in [0.15, 0.2) is 0 Å². The second kappa shape index (κ2) is 10.9. The number of halogens is 3. The Labute approximate surface area is 184 Å². The zero-order chi connectivity index (χ0) is 21.4. The van der Waals surface area contributed by atoms with E-state index in [-0.39, 0.29) is 0 Å². The number of hydrogen-bond donors (Lipinski definition) is 1. The molecule has 0 aliphatic heterocycles.